The predicted octanol–water partition coefficient (Wildman–Crippen LogP) is 1.68. The third kappa shape index (κ3) is 1.09. The van der Waals surface area contributed by atoms with Crippen molar-refractivity contribution in [2.75, 3.05) is 6.54 Å². The van der Waals surface area contributed by atoms with E-state index in [1.807, 2.05) is 12.4 Å². The highest BCUT2D eigenvalue weighted by atomic mass is 14.9. The minimum absolute atomic E-state index is 0.609. The molecule has 3 rings (SSSR count). The molecule has 2 nitrogen and oxygen atoms in total. The summed E-state index contributed by atoms with van der Waals surface area (Å²) in [4.78, 5) is 4.21. The highest BCUT2D eigenvalue weighted by Gasteiger charge is 2.33. The van der Waals surface area contributed by atoms with Crippen LogP contribution in [0, 0.1) is 5.92 Å². The van der Waals surface area contributed by atoms with E-state index in [9.17, 15) is 0 Å². The summed E-state index contributed by atoms with van der Waals surface area (Å²) in [7, 11) is 0. The van der Waals surface area contributed by atoms with Crippen LogP contribution in [-0.2, 0) is 6.42 Å². The Morgan fingerprint density at radius 3 is 3.46 bits per heavy atom. The van der Waals surface area contributed by atoms with E-state index in [2.05, 4.69) is 16.4 Å². The van der Waals surface area contributed by atoms with Gasteiger partial charge in [0.2, 0.25) is 0 Å². The van der Waals surface area contributed by atoms with Gasteiger partial charge in [-0.05, 0) is 48.9 Å². The van der Waals surface area contributed by atoms with Crippen LogP contribution >= 0.6 is 0 Å². The van der Waals surface area contributed by atoms with Gasteiger partial charge in [0.25, 0.3) is 0 Å². The molecule has 1 aliphatic carbocycles. The summed E-state index contributed by atoms with van der Waals surface area (Å²) in [6.45, 7) is 1.18. The number of nitrogens with zero attached hydrogens (tertiary/aromatic N) is 1. The maximum Gasteiger partial charge on any atom is 0.0369 e. The van der Waals surface area contributed by atoms with Gasteiger partial charge in [-0.15, -0.1) is 0 Å². The summed E-state index contributed by atoms with van der Waals surface area (Å²) in [5.41, 5.74) is 2.96. The van der Waals surface area contributed by atoms with Crippen molar-refractivity contribution in [3.8, 4) is 0 Å². The second-order valence-corrected chi connectivity index (χ2v) is 4.11. The first-order chi connectivity index (χ1) is 6.45. The zero-order chi connectivity index (χ0) is 8.67. The molecule has 2 unspecified atom stereocenters. The van der Waals surface area contributed by atoms with Gasteiger partial charge in [0.05, 0.1) is 0 Å². The quantitative estimate of drug-likeness (QED) is 0.647. The topological polar surface area (TPSA) is 24.9 Å². The monoisotopic (exact) mass is 174 g/mol. The number of hydrogen-bond acceptors (Lipinski definition) is 2. The minimum Gasteiger partial charge on any atom is -0.310 e. The molecule has 0 saturated carbocycles. The third-order valence-electron chi connectivity index (χ3n) is 3.35. The molecule has 0 spiro atoms. The average Bonchev–Trinajstić information content (AvgIpc) is 2.56. The van der Waals surface area contributed by atoms with Crippen LogP contribution in [0.25, 0.3) is 0 Å². The molecule has 1 N–H and O–H groups in total. The lowest BCUT2D eigenvalue weighted by Crippen LogP contribution is -2.31. The first-order valence-corrected chi connectivity index (χ1v) is 5.11. The minimum atomic E-state index is 0.609. The van der Waals surface area contributed by atoms with E-state index in [1.165, 1.54) is 36.9 Å². The molecule has 1 aliphatic heterocycles. The molecule has 0 bridgehead atoms. The Balaban J connectivity index is 2.01. The fourth-order valence-corrected chi connectivity index (χ4v) is 2.72. The van der Waals surface area contributed by atoms with Crippen molar-refractivity contribution in [1.29, 1.82) is 0 Å². The van der Waals surface area contributed by atoms with E-state index in [1.54, 1.807) is 0 Å². The molecule has 1 aromatic heterocycles. The van der Waals surface area contributed by atoms with Gasteiger partial charge < -0.3 is 5.32 Å². The third-order valence-corrected chi connectivity index (χ3v) is 3.35. The lowest BCUT2D eigenvalue weighted by Gasteiger charge is -2.26. The highest BCUT2D eigenvalue weighted by Crippen LogP contribution is 2.39. The van der Waals surface area contributed by atoms with E-state index in [-0.39, 0.29) is 0 Å². The first-order valence-electron chi connectivity index (χ1n) is 5.11. The van der Waals surface area contributed by atoms with Gasteiger partial charge in [0.15, 0.2) is 0 Å². The Kier molecular flexibility index (Phi) is 1.62. The van der Waals surface area contributed by atoms with E-state index in [0.717, 1.165) is 5.92 Å². The van der Waals surface area contributed by atoms with Crippen molar-refractivity contribution in [2.24, 2.45) is 5.92 Å². The first kappa shape index (κ1) is 7.51. The summed E-state index contributed by atoms with van der Waals surface area (Å²) < 4.78 is 0. The van der Waals surface area contributed by atoms with Crippen molar-refractivity contribution < 1.29 is 0 Å². The maximum absolute atomic E-state index is 4.21. The van der Waals surface area contributed by atoms with Gasteiger partial charge in [0, 0.05) is 18.4 Å². The molecule has 0 radical (unpaired) electrons. The number of piperidine rings is 1. The zero-order valence-electron chi connectivity index (χ0n) is 7.66. The number of nitrogens with one attached hydrogen (secondary N) is 1. The van der Waals surface area contributed by atoms with Crippen LogP contribution in [0.4, 0.5) is 0 Å². The number of hydrogen-bond donors (Lipinski definition) is 1. The van der Waals surface area contributed by atoms with Crippen LogP contribution in [0.15, 0.2) is 18.5 Å². The Morgan fingerprint density at radius 2 is 2.46 bits per heavy atom. The number of fused-ring (bicyclic) bond motifs is 3. The van der Waals surface area contributed by atoms with Crippen molar-refractivity contribution in [3.05, 3.63) is 29.6 Å². The molecule has 1 saturated heterocycles. The summed E-state index contributed by atoms with van der Waals surface area (Å²) >= 11 is 0. The van der Waals surface area contributed by atoms with Crippen molar-refractivity contribution in [3.63, 3.8) is 0 Å². The van der Waals surface area contributed by atoms with Gasteiger partial charge in [-0.2, -0.15) is 0 Å². The van der Waals surface area contributed by atoms with Crippen LogP contribution in [0.2, 0.25) is 0 Å². The number of rotatable bonds is 0. The number of aromatic nitrogens is 1. The zero-order valence-corrected chi connectivity index (χ0v) is 7.66. The molecule has 1 fully saturated rings. The molecular formula is C11H14N2. The van der Waals surface area contributed by atoms with Crippen molar-refractivity contribution >= 4 is 0 Å². The van der Waals surface area contributed by atoms with E-state index < -0.39 is 0 Å². The van der Waals surface area contributed by atoms with Gasteiger partial charge in [0.1, 0.15) is 0 Å². The van der Waals surface area contributed by atoms with Crippen LogP contribution < -0.4 is 5.32 Å². The van der Waals surface area contributed by atoms with Crippen LogP contribution in [-0.4, -0.2) is 11.5 Å². The molecule has 2 heteroatoms. The predicted molar refractivity (Wildman–Crippen MR) is 51.4 cm³/mol. The standard InChI is InChI=1S/C11H14N2/c1-2-9-6-8-3-5-12-7-10(8)11(9)13-4-1/h3,5,7,9,11,13H,1-2,4,6H2. The van der Waals surface area contributed by atoms with Crippen LogP contribution in [0.5, 0.6) is 0 Å². The Morgan fingerprint density at radius 1 is 1.46 bits per heavy atom. The molecule has 1 aromatic rings. The Labute approximate surface area is 78.4 Å². The second kappa shape index (κ2) is 2.81. The van der Waals surface area contributed by atoms with E-state index >= 15 is 0 Å². The summed E-state index contributed by atoms with van der Waals surface area (Å²) in [6.07, 6.45) is 7.93. The van der Waals surface area contributed by atoms with E-state index in [4.69, 9.17) is 0 Å². The van der Waals surface area contributed by atoms with Crippen molar-refractivity contribution in [2.45, 2.75) is 25.3 Å². The van der Waals surface area contributed by atoms with Crippen LogP contribution in [0.1, 0.15) is 30.0 Å². The SMILES string of the molecule is c1cc2c(cn1)C1NCCCC1C2. The van der Waals surface area contributed by atoms with Gasteiger partial charge in [-0.3, -0.25) is 4.98 Å². The second-order valence-electron chi connectivity index (χ2n) is 4.11. The maximum atomic E-state index is 4.21. The summed E-state index contributed by atoms with van der Waals surface area (Å²) in [6, 6.07) is 2.78. The molecular weight excluding hydrogens is 160 g/mol. The molecule has 2 heterocycles. The van der Waals surface area contributed by atoms with Gasteiger partial charge >= 0.3 is 0 Å². The van der Waals surface area contributed by atoms with Crippen molar-refractivity contribution in [1.82, 2.24) is 10.3 Å². The Bertz CT molecular complexity index is 322. The average molecular weight is 174 g/mol. The fraction of sp³-hybridized carbons (Fsp3) is 0.545. The Hall–Kier alpha value is -0.890. The molecule has 2 atom stereocenters. The molecule has 13 heavy (non-hydrogen) atoms. The number of pyridine rings is 1. The fourth-order valence-electron chi connectivity index (χ4n) is 2.72. The molecule has 68 valence electrons. The summed E-state index contributed by atoms with van der Waals surface area (Å²) in [5, 5.41) is 3.60. The molecule has 0 amide bonds. The lowest BCUT2D eigenvalue weighted by atomic mass is 9.92. The molecule has 0 aromatic carbocycles. The molecule has 2 aliphatic rings. The highest BCUT2D eigenvalue weighted by molar-refractivity contribution is 5.33. The normalized spacial score (nSPS) is 31.1. The lowest BCUT2D eigenvalue weighted by molar-refractivity contribution is 0.307. The smallest absolute Gasteiger partial charge is 0.0369 e. The van der Waals surface area contributed by atoms with E-state index in [0.29, 0.717) is 6.04 Å². The summed E-state index contributed by atoms with van der Waals surface area (Å²) in [5.74, 6) is 0.841. The largest absolute Gasteiger partial charge is 0.310 e. The van der Waals surface area contributed by atoms with Gasteiger partial charge in [-0.1, -0.05) is 0 Å². The van der Waals surface area contributed by atoms with Crippen LogP contribution in [0.3, 0.4) is 0 Å². The van der Waals surface area contributed by atoms with Gasteiger partial charge in [-0.25, -0.2) is 0 Å².